The maximum atomic E-state index is 12.6. The number of carbonyl (C=O) groups excluding carboxylic acids is 1. The first-order chi connectivity index (χ1) is 13.5. The lowest BCUT2D eigenvalue weighted by Crippen LogP contribution is -2.22. The van der Waals surface area contributed by atoms with Gasteiger partial charge in [0.1, 0.15) is 5.82 Å². The van der Waals surface area contributed by atoms with E-state index in [1.54, 1.807) is 32.4 Å². The second kappa shape index (κ2) is 8.79. The summed E-state index contributed by atoms with van der Waals surface area (Å²) < 4.78 is 10.5. The summed E-state index contributed by atoms with van der Waals surface area (Å²) in [5.41, 5.74) is 1.46. The van der Waals surface area contributed by atoms with Crippen LogP contribution in [0.4, 0.5) is 11.5 Å². The van der Waals surface area contributed by atoms with Crippen molar-refractivity contribution in [2.24, 2.45) is 0 Å². The third-order valence-corrected chi connectivity index (χ3v) is 5.08. The van der Waals surface area contributed by atoms with Gasteiger partial charge in [-0.15, -0.1) is 0 Å². The molecule has 1 atom stereocenters. The molecule has 1 heterocycles. The van der Waals surface area contributed by atoms with Crippen molar-refractivity contribution in [1.29, 1.82) is 0 Å². The number of nitrogens with one attached hydrogen (secondary N) is 2. The molecule has 1 amide bonds. The van der Waals surface area contributed by atoms with Gasteiger partial charge in [-0.2, -0.15) is 0 Å². The molecule has 7 nitrogen and oxygen atoms in total. The smallest absolute Gasteiger partial charge is 0.237 e. The number of benzene rings is 2. The molecule has 2 aromatic carbocycles. The molecule has 0 bridgehead atoms. The number of hydrogen-bond donors (Lipinski definition) is 2. The largest absolute Gasteiger partial charge is 0.493 e. The highest BCUT2D eigenvalue weighted by Gasteiger charge is 2.18. The van der Waals surface area contributed by atoms with Crippen molar-refractivity contribution in [1.82, 2.24) is 9.97 Å². The van der Waals surface area contributed by atoms with Crippen LogP contribution in [0.15, 0.2) is 47.6 Å². The highest BCUT2D eigenvalue weighted by atomic mass is 32.2. The Labute approximate surface area is 167 Å². The fraction of sp³-hybridized carbons (Fsp3) is 0.250. The molecule has 0 radical (unpaired) electrons. The van der Waals surface area contributed by atoms with E-state index in [0.29, 0.717) is 22.3 Å². The van der Waals surface area contributed by atoms with Crippen molar-refractivity contribution in [2.45, 2.75) is 17.3 Å². The number of rotatable bonds is 7. The van der Waals surface area contributed by atoms with Crippen LogP contribution in [0.5, 0.6) is 11.5 Å². The summed E-state index contributed by atoms with van der Waals surface area (Å²) in [4.78, 5) is 21.7. The molecule has 0 aliphatic rings. The molecular weight excluding hydrogens is 376 g/mol. The molecule has 3 rings (SSSR count). The Kier molecular flexibility index (Phi) is 6.20. The quantitative estimate of drug-likeness (QED) is 0.462. The number of nitrogens with zero attached hydrogens (tertiary/aromatic N) is 2. The van der Waals surface area contributed by atoms with Crippen LogP contribution in [-0.4, -0.2) is 42.4 Å². The Morgan fingerprint density at radius 3 is 2.54 bits per heavy atom. The van der Waals surface area contributed by atoms with Crippen LogP contribution in [-0.2, 0) is 4.79 Å². The van der Waals surface area contributed by atoms with E-state index in [0.717, 1.165) is 16.7 Å². The average Bonchev–Trinajstić information content (AvgIpc) is 2.72. The fourth-order valence-corrected chi connectivity index (χ4v) is 3.45. The van der Waals surface area contributed by atoms with Crippen LogP contribution in [0, 0.1) is 0 Å². The number of amides is 1. The van der Waals surface area contributed by atoms with Gasteiger partial charge in [0.25, 0.3) is 0 Å². The molecule has 3 aromatic rings. The Balaban J connectivity index is 1.75. The number of thioether (sulfide) groups is 1. The van der Waals surface area contributed by atoms with E-state index >= 15 is 0 Å². The number of carbonyl (C=O) groups is 1. The molecule has 8 heteroatoms. The topological polar surface area (TPSA) is 85.4 Å². The Morgan fingerprint density at radius 2 is 1.82 bits per heavy atom. The van der Waals surface area contributed by atoms with Crippen molar-refractivity contribution >= 4 is 40.1 Å². The van der Waals surface area contributed by atoms with Gasteiger partial charge in [0.15, 0.2) is 16.7 Å². The van der Waals surface area contributed by atoms with Gasteiger partial charge < -0.3 is 20.1 Å². The standard InChI is InChI=1S/C20H22N4O3S/c1-12(19(25)22-13-9-10-16(26-3)17(11-13)27-4)28-20-23-15-8-6-5-7-14(15)18(21-2)24-20/h5-12H,1-4H3,(H,22,25)(H,21,23,24)/t12-/m0/s1. The summed E-state index contributed by atoms with van der Waals surface area (Å²) in [6.07, 6.45) is 0. The van der Waals surface area contributed by atoms with E-state index < -0.39 is 0 Å². The first-order valence-corrected chi connectivity index (χ1v) is 9.57. The van der Waals surface area contributed by atoms with Crippen molar-refractivity contribution in [2.75, 3.05) is 31.9 Å². The number of aromatic nitrogens is 2. The maximum Gasteiger partial charge on any atom is 0.237 e. The molecule has 146 valence electrons. The normalized spacial score (nSPS) is 11.7. The van der Waals surface area contributed by atoms with Gasteiger partial charge in [0.2, 0.25) is 5.91 Å². The number of anilines is 2. The van der Waals surface area contributed by atoms with Crippen LogP contribution in [0.3, 0.4) is 0 Å². The van der Waals surface area contributed by atoms with Gasteiger partial charge in [0.05, 0.1) is 25.0 Å². The van der Waals surface area contributed by atoms with Crippen molar-refractivity contribution < 1.29 is 14.3 Å². The second-order valence-electron chi connectivity index (χ2n) is 5.94. The molecule has 0 unspecified atom stereocenters. The van der Waals surface area contributed by atoms with E-state index in [1.807, 2.05) is 38.2 Å². The lowest BCUT2D eigenvalue weighted by atomic mass is 10.2. The summed E-state index contributed by atoms with van der Waals surface area (Å²) in [5, 5.41) is 7.06. The fourth-order valence-electron chi connectivity index (χ4n) is 2.67. The van der Waals surface area contributed by atoms with E-state index in [2.05, 4.69) is 20.6 Å². The summed E-state index contributed by atoms with van der Waals surface area (Å²) in [5.74, 6) is 1.74. The van der Waals surface area contributed by atoms with Gasteiger partial charge in [-0.3, -0.25) is 4.79 Å². The molecule has 1 aromatic heterocycles. The Morgan fingerprint density at radius 1 is 1.07 bits per heavy atom. The zero-order chi connectivity index (χ0) is 20.1. The SMILES string of the molecule is CNc1nc(S[C@@H](C)C(=O)Nc2ccc(OC)c(OC)c2)nc2ccccc12. The van der Waals surface area contributed by atoms with Crippen LogP contribution in [0.25, 0.3) is 10.9 Å². The van der Waals surface area contributed by atoms with Crippen LogP contribution in [0.2, 0.25) is 0 Å². The number of para-hydroxylation sites is 1. The van der Waals surface area contributed by atoms with Gasteiger partial charge in [-0.1, -0.05) is 23.9 Å². The van der Waals surface area contributed by atoms with Gasteiger partial charge in [0, 0.05) is 24.2 Å². The third kappa shape index (κ3) is 4.28. The first kappa shape index (κ1) is 19.8. The molecule has 0 saturated heterocycles. The van der Waals surface area contributed by atoms with Crippen LogP contribution >= 0.6 is 11.8 Å². The molecule has 0 saturated carbocycles. The van der Waals surface area contributed by atoms with E-state index in [9.17, 15) is 4.79 Å². The van der Waals surface area contributed by atoms with Crippen molar-refractivity contribution in [3.8, 4) is 11.5 Å². The number of fused-ring (bicyclic) bond motifs is 1. The minimum Gasteiger partial charge on any atom is -0.493 e. The minimum absolute atomic E-state index is 0.153. The predicted octanol–water partition coefficient (Wildman–Crippen LogP) is 3.81. The van der Waals surface area contributed by atoms with Gasteiger partial charge in [-0.25, -0.2) is 9.97 Å². The third-order valence-electron chi connectivity index (χ3n) is 4.12. The van der Waals surface area contributed by atoms with Gasteiger partial charge >= 0.3 is 0 Å². The molecule has 0 spiro atoms. The molecule has 0 aliphatic carbocycles. The molecule has 0 aliphatic heterocycles. The van der Waals surface area contributed by atoms with Crippen LogP contribution < -0.4 is 20.1 Å². The monoisotopic (exact) mass is 398 g/mol. The number of methoxy groups -OCH3 is 2. The molecule has 28 heavy (non-hydrogen) atoms. The zero-order valence-corrected chi connectivity index (χ0v) is 17.0. The molecule has 2 N–H and O–H groups in total. The minimum atomic E-state index is -0.390. The highest BCUT2D eigenvalue weighted by Crippen LogP contribution is 2.31. The van der Waals surface area contributed by atoms with E-state index in [4.69, 9.17) is 9.47 Å². The lowest BCUT2D eigenvalue weighted by molar-refractivity contribution is -0.115. The summed E-state index contributed by atoms with van der Waals surface area (Å²) in [7, 11) is 4.94. The predicted molar refractivity (Wildman–Crippen MR) is 113 cm³/mol. The van der Waals surface area contributed by atoms with Gasteiger partial charge in [-0.05, 0) is 31.2 Å². The summed E-state index contributed by atoms with van der Waals surface area (Å²) in [6.45, 7) is 1.82. The van der Waals surface area contributed by atoms with Crippen molar-refractivity contribution in [3.05, 3.63) is 42.5 Å². The number of hydrogen-bond acceptors (Lipinski definition) is 7. The van der Waals surface area contributed by atoms with E-state index in [-0.39, 0.29) is 11.2 Å². The molecule has 0 fully saturated rings. The summed E-state index contributed by atoms with van der Waals surface area (Å²) in [6, 6.07) is 13.0. The van der Waals surface area contributed by atoms with Crippen molar-refractivity contribution in [3.63, 3.8) is 0 Å². The first-order valence-electron chi connectivity index (χ1n) is 8.69. The van der Waals surface area contributed by atoms with E-state index in [1.165, 1.54) is 11.8 Å². The molecular formula is C20H22N4O3S. The Bertz CT molecular complexity index is 996. The second-order valence-corrected chi connectivity index (χ2v) is 7.25. The van der Waals surface area contributed by atoms with Crippen LogP contribution in [0.1, 0.15) is 6.92 Å². The zero-order valence-electron chi connectivity index (χ0n) is 16.1. The maximum absolute atomic E-state index is 12.6. The lowest BCUT2D eigenvalue weighted by Gasteiger charge is -2.14. The average molecular weight is 398 g/mol. The Hall–Kier alpha value is -3.00. The highest BCUT2D eigenvalue weighted by molar-refractivity contribution is 8.00. The number of ether oxygens (including phenoxy) is 2. The summed E-state index contributed by atoms with van der Waals surface area (Å²) >= 11 is 1.30.